The van der Waals surface area contributed by atoms with Gasteiger partial charge in [-0.3, -0.25) is 0 Å². The highest BCUT2D eigenvalue weighted by atomic mass is 19.3. The molecule has 0 fully saturated rings. The normalized spacial score (nSPS) is 11.3. The number of fused-ring (bicyclic) bond motifs is 1. The molecule has 1 nitrogen and oxygen atoms in total. The number of halogens is 2. The lowest BCUT2D eigenvalue weighted by molar-refractivity contribution is -0.0498. The van der Waals surface area contributed by atoms with Crippen molar-refractivity contribution in [1.82, 2.24) is 0 Å². The van der Waals surface area contributed by atoms with E-state index in [0.29, 0.717) is 0 Å². The van der Waals surface area contributed by atoms with Gasteiger partial charge in [0.15, 0.2) is 0 Å². The molecule has 148 valence electrons. The molecule has 0 aliphatic carbocycles. The summed E-state index contributed by atoms with van der Waals surface area (Å²) in [4.78, 5) is 0. The molecule has 0 saturated carbocycles. The first kappa shape index (κ1) is 20.3. The van der Waals surface area contributed by atoms with Crippen LogP contribution in [0.3, 0.4) is 0 Å². The van der Waals surface area contributed by atoms with Gasteiger partial charge >= 0.3 is 6.61 Å². The summed E-state index contributed by atoms with van der Waals surface area (Å²) in [5.41, 5.74) is 5.05. The van der Waals surface area contributed by atoms with Crippen LogP contribution in [0.1, 0.15) is 50.7 Å². The Hall–Kier alpha value is -2.42. The molecule has 3 aromatic rings. The first-order valence-corrected chi connectivity index (χ1v) is 10.2. The molecule has 0 heterocycles. The van der Waals surface area contributed by atoms with Crippen molar-refractivity contribution in [2.75, 3.05) is 0 Å². The van der Waals surface area contributed by atoms with Gasteiger partial charge in [-0.2, -0.15) is 8.78 Å². The van der Waals surface area contributed by atoms with Crippen molar-refractivity contribution in [3.63, 3.8) is 0 Å². The van der Waals surface area contributed by atoms with E-state index in [-0.39, 0.29) is 5.75 Å². The minimum Gasteiger partial charge on any atom is -0.435 e. The van der Waals surface area contributed by atoms with Gasteiger partial charge in [0.05, 0.1) is 0 Å². The quantitative estimate of drug-likeness (QED) is 0.367. The summed E-state index contributed by atoms with van der Waals surface area (Å²) >= 11 is 0. The third kappa shape index (κ3) is 4.70. The average Bonchev–Trinajstić information content (AvgIpc) is 2.70. The Kier molecular flexibility index (Phi) is 7.02. The molecule has 0 aromatic heterocycles. The van der Waals surface area contributed by atoms with Gasteiger partial charge in [-0.25, -0.2) is 0 Å². The Bertz CT molecular complexity index is 900. The summed E-state index contributed by atoms with van der Waals surface area (Å²) in [7, 11) is 0. The molecule has 0 spiro atoms. The Morgan fingerprint density at radius 1 is 0.857 bits per heavy atom. The fourth-order valence-corrected chi connectivity index (χ4v) is 3.83. The predicted molar refractivity (Wildman–Crippen MR) is 113 cm³/mol. The van der Waals surface area contributed by atoms with Gasteiger partial charge in [0, 0.05) is 0 Å². The SMILES string of the molecule is CCCCc1cc2ccccc2c(CCCC)c1-c1ccc(OC(F)F)cc1. The zero-order valence-electron chi connectivity index (χ0n) is 16.7. The van der Waals surface area contributed by atoms with Gasteiger partial charge in [0.2, 0.25) is 0 Å². The summed E-state index contributed by atoms with van der Waals surface area (Å²) in [5, 5.41) is 2.57. The number of benzene rings is 3. The highest BCUT2D eigenvalue weighted by molar-refractivity contribution is 5.93. The molecule has 0 aliphatic heterocycles. The highest BCUT2D eigenvalue weighted by Crippen LogP contribution is 2.36. The zero-order valence-corrected chi connectivity index (χ0v) is 16.7. The van der Waals surface area contributed by atoms with Crippen molar-refractivity contribution < 1.29 is 13.5 Å². The number of rotatable bonds is 9. The number of alkyl halides is 2. The van der Waals surface area contributed by atoms with Crippen LogP contribution in [0.2, 0.25) is 0 Å². The molecule has 0 bridgehead atoms. The molecule has 3 heteroatoms. The van der Waals surface area contributed by atoms with Crippen LogP contribution >= 0.6 is 0 Å². The van der Waals surface area contributed by atoms with Crippen LogP contribution in [-0.4, -0.2) is 6.61 Å². The van der Waals surface area contributed by atoms with Crippen LogP contribution in [0.15, 0.2) is 54.6 Å². The second-order valence-electron chi connectivity index (χ2n) is 7.22. The van der Waals surface area contributed by atoms with Crippen molar-refractivity contribution >= 4 is 10.8 Å². The molecule has 0 atom stereocenters. The lowest BCUT2D eigenvalue weighted by Gasteiger charge is -2.19. The average molecular weight is 382 g/mol. The van der Waals surface area contributed by atoms with Crippen LogP contribution < -0.4 is 4.74 Å². The minimum atomic E-state index is -2.80. The molecule has 0 unspecified atom stereocenters. The van der Waals surface area contributed by atoms with Crippen LogP contribution in [0, 0.1) is 0 Å². The molecule has 0 saturated heterocycles. The molecule has 3 rings (SSSR count). The fourth-order valence-electron chi connectivity index (χ4n) is 3.83. The molecule has 0 amide bonds. The summed E-state index contributed by atoms with van der Waals surface area (Å²) in [6.07, 6.45) is 6.56. The lowest BCUT2D eigenvalue weighted by Crippen LogP contribution is -2.02. The van der Waals surface area contributed by atoms with Crippen molar-refractivity contribution in [3.8, 4) is 16.9 Å². The van der Waals surface area contributed by atoms with Gasteiger partial charge in [-0.15, -0.1) is 0 Å². The number of hydrogen-bond acceptors (Lipinski definition) is 1. The van der Waals surface area contributed by atoms with E-state index in [1.807, 2.05) is 12.1 Å². The van der Waals surface area contributed by atoms with Gasteiger partial charge in [0.25, 0.3) is 0 Å². The van der Waals surface area contributed by atoms with E-state index in [4.69, 9.17) is 0 Å². The van der Waals surface area contributed by atoms with E-state index >= 15 is 0 Å². The maximum Gasteiger partial charge on any atom is 0.387 e. The molecule has 0 aliphatic rings. The van der Waals surface area contributed by atoms with Crippen molar-refractivity contribution in [2.45, 2.75) is 59.0 Å². The molecular weight excluding hydrogens is 354 g/mol. The maximum atomic E-state index is 12.5. The monoisotopic (exact) mass is 382 g/mol. The third-order valence-corrected chi connectivity index (χ3v) is 5.19. The van der Waals surface area contributed by atoms with E-state index in [2.05, 4.69) is 48.9 Å². The number of ether oxygens (including phenoxy) is 1. The third-order valence-electron chi connectivity index (χ3n) is 5.19. The van der Waals surface area contributed by atoms with Crippen LogP contribution in [0.4, 0.5) is 8.78 Å². The minimum absolute atomic E-state index is 0.199. The Morgan fingerprint density at radius 3 is 2.21 bits per heavy atom. The fraction of sp³-hybridized carbons (Fsp3) is 0.360. The molecule has 0 N–H and O–H groups in total. The first-order valence-electron chi connectivity index (χ1n) is 10.2. The predicted octanol–water partition coefficient (Wildman–Crippen LogP) is 7.79. The van der Waals surface area contributed by atoms with E-state index in [1.54, 1.807) is 12.1 Å². The second kappa shape index (κ2) is 9.68. The van der Waals surface area contributed by atoms with Gasteiger partial charge in [-0.05, 0) is 70.8 Å². The van der Waals surface area contributed by atoms with Crippen LogP contribution in [0.5, 0.6) is 5.75 Å². The topological polar surface area (TPSA) is 9.23 Å². The van der Waals surface area contributed by atoms with E-state index < -0.39 is 6.61 Å². The zero-order chi connectivity index (χ0) is 19.9. The number of unbranched alkanes of at least 4 members (excludes halogenated alkanes) is 2. The molecule has 28 heavy (non-hydrogen) atoms. The standard InChI is InChI=1S/C25H28F2O/c1-3-5-9-20-17-19-10-7-8-12-22(19)23(11-6-4-2)24(20)18-13-15-21(16-14-18)28-25(26)27/h7-8,10,12-17,25H,3-6,9,11H2,1-2H3. The Labute approximate surface area is 166 Å². The summed E-state index contributed by atoms with van der Waals surface area (Å²) < 4.78 is 29.5. The number of hydrogen-bond donors (Lipinski definition) is 0. The molecule has 3 aromatic carbocycles. The summed E-state index contributed by atoms with van der Waals surface area (Å²) in [5.74, 6) is 0.199. The first-order chi connectivity index (χ1) is 13.6. The van der Waals surface area contributed by atoms with Crippen molar-refractivity contribution in [3.05, 3.63) is 65.7 Å². The van der Waals surface area contributed by atoms with E-state index in [0.717, 1.165) is 44.1 Å². The van der Waals surface area contributed by atoms with Crippen LogP contribution in [-0.2, 0) is 12.8 Å². The lowest BCUT2D eigenvalue weighted by atomic mass is 9.85. The van der Waals surface area contributed by atoms with Gasteiger partial charge in [0.1, 0.15) is 5.75 Å². The van der Waals surface area contributed by atoms with E-state index in [1.165, 1.54) is 27.5 Å². The van der Waals surface area contributed by atoms with Gasteiger partial charge in [-0.1, -0.05) is 69.2 Å². The van der Waals surface area contributed by atoms with E-state index in [9.17, 15) is 8.78 Å². The maximum absolute atomic E-state index is 12.5. The van der Waals surface area contributed by atoms with Crippen molar-refractivity contribution in [2.24, 2.45) is 0 Å². The smallest absolute Gasteiger partial charge is 0.387 e. The summed E-state index contributed by atoms with van der Waals surface area (Å²) in [6.45, 7) is 1.61. The van der Waals surface area contributed by atoms with Crippen LogP contribution in [0.25, 0.3) is 21.9 Å². The largest absolute Gasteiger partial charge is 0.435 e. The Morgan fingerprint density at radius 2 is 1.54 bits per heavy atom. The summed E-state index contributed by atoms with van der Waals surface area (Å²) in [6, 6.07) is 18.0. The van der Waals surface area contributed by atoms with Crippen molar-refractivity contribution in [1.29, 1.82) is 0 Å². The molecular formula is C25H28F2O. The number of aryl methyl sites for hydroxylation is 2. The molecule has 0 radical (unpaired) electrons. The second-order valence-corrected chi connectivity index (χ2v) is 7.22. The van der Waals surface area contributed by atoms with Gasteiger partial charge < -0.3 is 4.74 Å². The highest BCUT2D eigenvalue weighted by Gasteiger charge is 2.15. The Balaban J connectivity index is 2.16.